The number of rotatable bonds is 2. The summed E-state index contributed by atoms with van der Waals surface area (Å²) in [7, 11) is 0. The second-order valence-electron chi connectivity index (χ2n) is 9.40. The highest BCUT2D eigenvalue weighted by Crippen LogP contribution is 2.44. The quantitative estimate of drug-likeness (QED) is 0.500. The van der Waals surface area contributed by atoms with Gasteiger partial charge in [-0.2, -0.15) is 0 Å². The summed E-state index contributed by atoms with van der Waals surface area (Å²) < 4.78 is 20.0. The van der Waals surface area contributed by atoms with Crippen LogP contribution in [0.1, 0.15) is 31.9 Å². The van der Waals surface area contributed by atoms with E-state index in [2.05, 4.69) is 10.3 Å². The van der Waals surface area contributed by atoms with E-state index < -0.39 is 35.8 Å². The standard InChI is InChI=1S/C25H26FN3O5/c1-12-22(31)23(32)18(30)11-29(12)20-7-4-13(10-27-20)16-9-19(34-25(16,2)3)21-15-8-14(26)5-6-17(15)28-24(21)33/h4-10,12,18,22-23,30-32H,11H2,1-3H3,(H,28,33)/t12-,18+,22+,23-/m0/s1. The van der Waals surface area contributed by atoms with Crippen LogP contribution in [0.15, 0.2) is 48.4 Å². The monoisotopic (exact) mass is 467 g/mol. The van der Waals surface area contributed by atoms with Gasteiger partial charge in [-0.25, -0.2) is 9.37 Å². The smallest absolute Gasteiger partial charge is 0.260 e. The predicted molar refractivity (Wildman–Crippen MR) is 124 cm³/mol. The first-order chi connectivity index (χ1) is 16.1. The molecule has 3 aliphatic rings. The highest BCUT2D eigenvalue weighted by atomic mass is 19.1. The van der Waals surface area contributed by atoms with Crippen LogP contribution in [-0.2, 0) is 9.53 Å². The van der Waals surface area contributed by atoms with Gasteiger partial charge in [0.25, 0.3) is 5.91 Å². The Labute approximate surface area is 196 Å². The number of pyridine rings is 1. The summed E-state index contributed by atoms with van der Waals surface area (Å²) in [6.45, 7) is 5.66. The first kappa shape index (κ1) is 22.5. The number of piperidine rings is 1. The molecule has 0 spiro atoms. The second-order valence-corrected chi connectivity index (χ2v) is 9.40. The number of fused-ring (bicyclic) bond motifs is 1. The summed E-state index contributed by atoms with van der Waals surface area (Å²) in [5.74, 6) is 0.118. The van der Waals surface area contributed by atoms with E-state index in [4.69, 9.17) is 4.74 Å². The number of benzene rings is 1. The summed E-state index contributed by atoms with van der Waals surface area (Å²) >= 11 is 0. The molecule has 4 heterocycles. The molecule has 1 aromatic heterocycles. The molecule has 8 nitrogen and oxygen atoms in total. The molecular weight excluding hydrogens is 441 g/mol. The van der Waals surface area contributed by atoms with Gasteiger partial charge < -0.3 is 30.3 Å². The van der Waals surface area contributed by atoms with Crippen molar-refractivity contribution in [3.63, 3.8) is 0 Å². The molecule has 34 heavy (non-hydrogen) atoms. The third-order valence-electron chi connectivity index (χ3n) is 6.73. The molecule has 1 fully saturated rings. The molecule has 0 radical (unpaired) electrons. The number of aromatic nitrogens is 1. The molecule has 3 aliphatic heterocycles. The fourth-order valence-corrected chi connectivity index (χ4v) is 4.79. The van der Waals surface area contributed by atoms with Gasteiger partial charge in [0.05, 0.1) is 17.7 Å². The van der Waals surface area contributed by atoms with Crippen LogP contribution in [-0.4, -0.2) is 62.7 Å². The molecule has 4 N–H and O–H groups in total. The van der Waals surface area contributed by atoms with Crippen LogP contribution >= 0.6 is 0 Å². The molecule has 5 rings (SSSR count). The van der Waals surface area contributed by atoms with E-state index in [0.717, 1.165) is 11.1 Å². The normalized spacial score (nSPS) is 30.0. The van der Waals surface area contributed by atoms with Crippen LogP contribution in [0.2, 0.25) is 0 Å². The number of allylic oxidation sites excluding steroid dienone is 1. The molecular formula is C25H26FN3O5. The summed E-state index contributed by atoms with van der Waals surface area (Å²) in [4.78, 5) is 18.9. The molecule has 178 valence electrons. The highest BCUT2D eigenvalue weighted by molar-refractivity contribution is 6.32. The first-order valence-electron chi connectivity index (χ1n) is 11.1. The van der Waals surface area contributed by atoms with Crippen molar-refractivity contribution < 1.29 is 29.2 Å². The van der Waals surface area contributed by atoms with Crippen molar-refractivity contribution in [1.29, 1.82) is 0 Å². The number of nitrogens with one attached hydrogen (secondary N) is 1. The molecule has 0 aliphatic carbocycles. The number of aliphatic hydroxyl groups is 3. The maximum absolute atomic E-state index is 13.9. The van der Waals surface area contributed by atoms with Crippen molar-refractivity contribution >= 4 is 28.6 Å². The number of amides is 1. The van der Waals surface area contributed by atoms with Crippen molar-refractivity contribution in [2.75, 3.05) is 16.8 Å². The van der Waals surface area contributed by atoms with Crippen molar-refractivity contribution in [2.45, 2.75) is 50.7 Å². The molecule has 1 aromatic carbocycles. The maximum atomic E-state index is 13.9. The van der Waals surface area contributed by atoms with E-state index in [-0.39, 0.29) is 18.0 Å². The number of carbonyl (C=O) groups excluding carboxylic acids is 1. The number of nitrogens with zero attached hydrogens (tertiary/aromatic N) is 2. The van der Waals surface area contributed by atoms with Crippen LogP contribution in [0, 0.1) is 5.82 Å². The Morgan fingerprint density at radius 3 is 2.65 bits per heavy atom. The van der Waals surface area contributed by atoms with E-state index in [1.807, 2.05) is 19.9 Å². The van der Waals surface area contributed by atoms with Gasteiger partial charge in [-0.05, 0) is 57.2 Å². The van der Waals surface area contributed by atoms with Crippen molar-refractivity contribution in [3.05, 3.63) is 65.3 Å². The lowest BCUT2D eigenvalue weighted by Gasteiger charge is -2.43. The average molecular weight is 467 g/mol. The van der Waals surface area contributed by atoms with Crippen LogP contribution < -0.4 is 10.2 Å². The molecule has 2 aromatic rings. The Morgan fingerprint density at radius 1 is 1.18 bits per heavy atom. The Morgan fingerprint density at radius 2 is 1.94 bits per heavy atom. The molecule has 0 bridgehead atoms. The lowest BCUT2D eigenvalue weighted by molar-refractivity contribution is -0.111. The minimum Gasteiger partial charge on any atom is -0.482 e. The van der Waals surface area contributed by atoms with Gasteiger partial charge in [-0.1, -0.05) is 0 Å². The number of aliphatic hydroxyl groups excluding tert-OH is 3. The third kappa shape index (κ3) is 3.56. The highest BCUT2D eigenvalue weighted by Gasteiger charge is 2.40. The van der Waals surface area contributed by atoms with E-state index in [1.165, 1.54) is 18.2 Å². The fourth-order valence-electron chi connectivity index (χ4n) is 4.79. The Kier molecular flexibility index (Phi) is 5.23. The van der Waals surface area contributed by atoms with E-state index in [1.54, 1.807) is 30.2 Å². The van der Waals surface area contributed by atoms with Gasteiger partial charge in [0.1, 0.15) is 35.2 Å². The van der Waals surface area contributed by atoms with Crippen LogP contribution in [0.5, 0.6) is 0 Å². The van der Waals surface area contributed by atoms with Crippen molar-refractivity contribution in [3.8, 4) is 0 Å². The molecule has 4 atom stereocenters. The number of halogens is 1. The van der Waals surface area contributed by atoms with E-state index in [0.29, 0.717) is 22.8 Å². The van der Waals surface area contributed by atoms with Gasteiger partial charge in [0.15, 0.2) is 0 Å². The van der Waals surface area contributed by atoms with Crippen LogP contribution in [0.4, 0.5) is 15.9 Å². The summed E-state index contributed by atoms with van der Waals surface area (Å²) in [6.07, 6.45) is 0.0501. The Bertz CT molecular complexity index is 1220. The van der Waals surface area contributed by atoms with E-state index >= 15 is 0 Å². The number of hydrogen-bond acceptors (Lipinski definition) is 7. The number of β-amino-alcohol motifs (C(OH)–C–C–N with tert-alkyl or cyclic N) is 1. The SMILES string of the molecule is C[C@H]1[C@@H](O)[C@@H](O)[C@H](O)CN1c1ccc(C2=CC(=C3C(=O)Nc4ccc(F)cc43)OC2(C)C)cn1. The largest absolute Gasteiger partial charge is 0.482 e. The van der Waals surface area contributed by atoms with Crippen molar-refractivity contribution in [1.82, 2.24) is 4.98 Å². The van der Waals surface area contributed by atoms with Crippen LogP contribution in [0.3, 0.4) is 0 Å². The molecule has 1 amide bonds. The third-order valence-corrected chi connectivity index (χ3v) is 6.73. The zero-order chi connectivity index (χ0) is 24.4. The molecule has 1 saturated heterocycles. The van der Waals surface area contributed by atoms with Gasteiger partial charge >= 0.3 is 0 Å². The second kappa shape index (κ2) is 7.90. The minimum atomic E-state index is -1.20. The predicted octanol–water partition coefficient (Wildman–Crippen LogP) is 2.07. The summed E-state index contributed by atoms with van der Waals surface area (Å²) in [5, 5.41) is 32.9. The molecule has 9 heteroatoms. The maximum Gasteiger partial charge on any atom is 0.260 e. The zero-order valence-electron chi connectivity index (χ0n) is 19.0. The number of anilines is 2. The number of ether oxygens (including phenoxy) is 1. The van der Waals surface area contributed by atoms with Gasteiger partial charge in [0, 0.05) is 35.1 Å². The minimum absolute atomic E-state index is 0.143. The fraction of sp³-hybridized carbons (Fsp3) is 0.360. The number of hydrogen-bond donors (Lipinski definition) is 4. The van der Waals surface area contributed by atoms with E-state index in [9.17, 15) is 24.5 Å². The van der Waals surface area contributed by atoms with Crippen LogP contribution in [0.25, 0.3) is 11.1 Å². The average Bonchev–Trinajstić information content (AvgIpc) is 3.29. The molecule has 0 unspecified atom stereocenters. The molecule has 0 saturated carbocycles. The summed E-state index contributed by atoms with van der Waals surface area (Å²) in [5.41, 5.74) is 2.08. The lowest BCUT2D eigenvalue weighted by atomic mass is 9.92. The first-order valence-corrected chi connectivity index (χ1v) is 11.1. The number of carbonyl (C=O) groups is 1. The Balaban J connectivity index is 1.49. The topological polar surface area (TPSA) is 115 Å². The van der Waals surface area contributed by atoms with Crippen molar-refractivity contribution in [2.24, 2.45) is 0 Å². The van der Waals surface area contributed by atoms with Gasteiger partial charge in [0.2, 0.25) is 0 Å². The van der Waals surface area contributed by atoms with Gasteiger partial charge in [-0.15, -0.1) is 0 Å². The van der Waals surface area contributed by atoms with Gasteiger partial charge in [-0.3, -0.25) is 4.79 Å². The zero-order valence-corrected chi connectivity index (χ0v) is 19.0. The lowest BCUT2D eigenvalue weighted by Crippen LogP contribution is -2.60. The summed E-state index contributed by atoms with van der Waals surface area (Å²) in [6, 6.07) is 7.33. The Hall–Kier alpha value is -3.27.